The summed E-state index contributed by atoms with van der Waals surface area (Å²) in [7, 11) is 0. The minimum atomic E-state index is -0.325. The first kappa shape index (κ1) is 18.6. The SMILES string of the molecule is Cc1ccccc1CNC(=O)Cc1ccc(N2C(=O)c3ccccc3C2=O)cc1. The lowest BCUT2D eigenvalue weighted by Gasteiger charge is -2.14. The maximum Gasteiger partial charge on any atom is 0.266 e. The summed E-state index contributed by atoms with van der Waals surface area (Å²) in [5.41, 5.74) is 4.36. The zero-order valence-electron chi connectivity index (χ0n) is 16.0. The van der Waals surface area contributed by atoms with E-state index in [9.17, 15) is 14.4 Å². The molecule has 1 heterocycles. The number of carbonyl (C=O) groups excluding carboxylic acids is 3. The highest BCUT2D eigenvalue weighted by Crippen LogP contribution is 2.28. The highest BCUT2D eigenvalue weighted by molar-refractivity contribution is 6.34. The van der Waals surface area contributed by atoms with Crippen LogP contribution in [0.4, 0.5) is 5.69 Å². The molecular weight excluding hydrogens is 364 g/mol. The lowest BCUT2D eigenvalue weighted by Crippen LogP contribution is -2.29. The van der Waals surface area contributed by atoms with Gasteiger partial charge in [-0.3, -0.25) is 14.4 Å². The summed E-state index contributed by atoms with van der Waals surface area (Å²) in [6.07, 6.45) is 0.230. The Morgan fingerprint density at radius 1 is 0.828 bits per heavy atom. The van der Waals surface area contributed by atoms with Crippen molar-refractivity contribution in [3.8, 4) is 0 Å². The van der Waals surface area contributed by atoms with Crippen LogP contribution in [0.5, 0.6) is 0 Å². The van der Waals surface area contributed by atoms with Gasteiger partial charge >= 0.3 is 0 Å². The minimum absolute atomic E-state index is 0.0817. The third kappa shape index (κ3) is 3.67. The quantitative estimate of drug-likeness (QED) is 0.683. The standard InChI is InChI=1S/C24H20N2O3/c1-16-6-2-3-7-18(16)15-25-22(27)14-17-10-12-19(13-11-17)26-23(28)20-8-4-5-9-21(20)24(26)29/h2-13H,14-15H2,1H3,(H,25,27). The number of hydrogen-bond donors (Lipinski definition) is 1. The highest BCUT2D eigenvalue weighted by atomic mass is 16.2. The van der Waals surface area contributed by atoms with E-state index in [-0.39, 0.29) is 24.1 Å². The van der Waals surface area contributed by atoms with Crippen molar-refractivity contribution >= 4 is 23.4 Å². The molecule has 0 spiro atoms. The van der Waals surface area contributed by atoms with Gasteiger partial charge in [0.2, 0.25) is 5.91 Å². The molecule has 5 nitrogen and oxygen atoms in total. The molecule has 1 aliphatic rings. The number of aryl methyl sites for hydroxylation is 1. The van der Waals surface area contributed by atoms with Gasteiger partial charge in [-0.15, -0.1) is 0 Å². The first-order valence-corrected chi connectivity index (χ1v) is 9.42. The predicted octanol–water partition coefficient (Wildman–Crippen LogP) is 3.65. The van der Waals surface area contributed by atoms with E-state index in [0.29, 0.717) is 23.4 Å². The Hall–Kier alpha value is -3.73. The summed E-state index contributed by atoms with van der Waals surface area (Å²) >= 11 is 0. The summed E-state index contributed by atoms with van der Waals surface area (Å²) < 4.78 is 0. The molecule has 3 aromatic rings. The Morgan fingerprint density at radius 3 is 2.03 bits per heavy atom. The van der Waals surface area contributed by atoms with Crippen LogP contribution >= 0.6 is 0 Å². The average molecular weight is 384 g/mol. The Labute approximate surface area is 169 Å². The molecule has 29 heavy (non-hydrogen) atoms. The Morgan fingerprint density at radius 2 is 1.41 bits per heavy atom. The largest absolute Gasteiger partial charge is 0.352 e. The Bertz CT molecular complexity index is 1070. The van der Waals surface area contributed by atoms with Crippen molar-refractivity contribution in [1.82, 2.24) is 5.32 Å². The third-order valence-electron chi connectivity index (χ3n) is 5.09. The summed E-state index contributed by atoms with van der Waals surface area (Å²) in [5, 5.41) is 2.93. The normalized spacial score (nSPS) is 12.8. The summed E-state index contributed by atoms with van der Waals surface area (Å²) in [6.45, 7) is 2.50. The summed E-state index contributed by atoms with van der Waals surface area (Å²) in [6, 6.07) is 21.7. The second-order valence-electron chi connectivity index (χ2n) is 7.04. The van der Waals surface area contributed by atoms with Crippen molar-refractivity contribution < 1.29 is 14.4 Å². The Kier molecular flexibility index (Phi) is 4.96. The molecule has 0 saturated heterocycles. The van der Waals surface area contributed by atoms with E-state index in [1.807, 2.05) is 31.2 Å². The molecule has 5 heteroatoms. The van der Waals surface area contributed by atoms with E-state index in [2.05, 4.69) is 5.32 Å². The maximum atomic E-state index is 12.6. The van der Waals surface area contributed by atoms with E-state index < -0.39 is 0 Å². The molecule has 0 radical (unpaired) electrons. The van der Waals surface area contributed by atoms with E-state index in [4.69, 9.17) is 0 Å². The van der Waals surface area contributed by atoms with Crippen LogP contribution in [0.25, 0.3) is 0 Å². The molecule has 0 bridgehead atoms. The third-order valence-corrected chi connectivity index (χ3v) is 5.09. The number of imide groups is 1. The van der Waals surface area contributed by atoms with Crippen LogP contribution in [0.3, 0.4) is 0 Å². The number of rotatable bonds is 5. The molecule has 0 fully saturated rings. The molecule has 1 aliphatic heterocycles. The van der Waals surface area contributed by atoms with Crippen LogP contribution in [-0.4, -0.2) is 17.7 Å². The molecule has 0 aromatic heterocycles. The lowest BCUT2D eigenvalue weighted by atomic mass is 10.1. The number of carbonyl (C=O) groups is 3. The number of amides is 3. The molecule has 1 N–H and O–H groups in total. The van der Waals surface area contributed by atoms with Gasteiger partial charge < -0.3 is 5.32 Å². The molecule has 0 aliphatic carbocycles. The number of fused-ring (bicyclic) bond motifs is 1. The second-order valence-corrected chi connectivity index (χ2v) is 7.04. The van der Waals surface area contributed by atoms with Gasteiger partial charge in [-0.05, 0) is 47.9 Å². The minimum Gasteiger partial charge on any atom is -0.352 e. The molecule has 0 unspecified atom stereocenters. The van der Waals surface area contributed by atoms with Gasteiger partial charge in [-0.1, -0.05) is 48.5 Å². The van der Waals surface area contributed by atoms with Crippen molar-refractivity contribution in [3.63, 3.8) is 0 Å². The van der Waals surface area contributed by atoms with Gasteiger partial charge in [0.05, 0.1) is 23.2 Å². The summed E-state index contributed by atoms with van der Waals surface area (Å²) in [4.78, 5) is 38.6. The van der Waals surface area contributed by atoms with E-state index in [0.717, 1.165) is 16.7 Å². The van der Waals surface area contributed by atoms with Crippen LogP contribution in [0.2, 0.25) is 0 Å². The molecule has 3 amide bonds. The van der Waals surface area contributed by atoms with Crippen LogP contribution in [0, 0.1) is 6.92 Å². The maximum absolute atomic E-state index is 12.6. The van der Waals surface area contributed by atoms with E-state index in [1.165, 1.54) is 4.90 Å². The van der Waals surface area contributed by atoms with Gasteiger partial charge in [0.25, 0.3) is 11.8 Å². The fourth-order valence-corrected chi connectivity index (χ4v) is 3.44. The number of nitrogens with zero attached hydrogens (tertiary/aromatic N) is 1. The number of benzene rings is 3. The fraction of sp³-hybridized carbons (Fsp3) is 0.125. The average Bonchev–Trinajstić information content (AvgIpc) is 2.99. The summed E-state index contributed by atoms with van der Waals surface area (Å²) in [5.74, 6) is -0.731. The van der Waals surface area contributed by atoms with E-state index in [1.54, 1.807) is 48.5 Å². The highest BCUT2D eigenvalue weighted by Gasteiger charge is 2.36. The van der Waals surface area contributed by atoms with Crippen LogP contribution < -0.4 is 10.2 Å². The molecule has 4 rings (SSSR count). The van der Waals surface area contributed by atoms with Gasteiger partial charge in [-0.2, -0.15) is 0 Å². The van der Waals surface area contributed by atoms with Crippen molar-refractivity contribution in [3.05, 3.63) is 101 Å². The molecular formula is C24H20N2O3. The lowest BCUT2D eigenvalue weighted by molar-refractivity contribution is -0.120. The first-order chi connectivity index (χ1) is 14.0. The number of hydrogen-bond acceptors (Lipinski definition) is 3. The molecule has 0 atom stereocenters. The monoisotopic (exact) mass is 384 g/mol. The zero-order valence-corrected chi connectivity index (χ0v) is 16.0. The predicted molar refractivity (Wildman–Crippen MR) is 111 cm³/mol. The van der Waals surface area contributed by atoms with Gasteiger partial charge in [0, 0.05) is 6.54 Å². The first-order valence-electron chi connectivity index (χ1n) is 9.42. The van der Waals surface area contributed by atoms with Crippen molar-refractivity contribution in [2.75, 3.05) is 4.90 Å². The van der Waals surface area contributed by atoms with Gasteiger partial charge in [0.1, 0.15) is 0 Å². The van der Waals surface area contributed by atoms with Crippen LogP contribution in [0.1, 0.15) is 37.4 Å². The van der Waals surface area contributed by atoms with Crippen LogP contribution in [-0.2, 0) is 17.8 Å². The van der Waals surface area contributed by atoms with Crippen LogP contribution in [0.15, 0.2) is 72.8 Å². The number of anilines is 1. The van der Waals surface area contributed by atoms with Crippen molar-refractivity contribution in [1.29, 1.82) is 0 Å². The van der Waals surface area contributed by atoms with Crippen molar-refractivity contribution in [2.45, 2.75) is 19.9 Å². The fourth-order valence-electron chi connectivity index (χ4n) is 3.44. The molecule has 144 valence electrons. The van der Waals surface area contributed by atoms with Crippen molar-refractivity contribution in [2.24, 2.45) is 0 Å². The number of nitrogens with one attached hydrogen (secondary N) is 1. The van der Waals surface area contributed by atoms with Gasteiger partial charge in [-0.25, -0.2) is 4.90 Å². The second kappa shape index (κ2) is 7.72. The molecule has 0 saturated carbocycles. The molecule has 3 aromatic carbocycles. The smallest absolute Gasteiger partial charge is 0.266 e. The van der Waals surface area contributed by atoms with Gasteiger partial charge in [0.15, 0.2) is 0 Å². The zero-order chi connectivity index (χ0) is 20.4. The Balaban J connectivity index is 1.41. The van der Waals surface area contributed by atoms with E-state index >= 15 is 0 Å². The topological polar surface area (TPSA) is 66.5 Å².